The van der Waals surface area contributed by atoms with Crippen molar-refractivity contribution in [3.8, 4) is 0 Å². The second kappa shape index (κ2) is 11.1. The van der Waals surface area contributed by atoms with Gasteiger partial charge in [-0.05, 0) is 80.1 Å². The average Bonchev–Trinajstić information content (AvgIpc) is 2.79. The monoisotopic (exact) mass is 484 g/mol. The molecule has 0 fully saturated rings. The zero-order valence-electron chi connectivity index (χ0n) is 17.8. The lowest BCUT2D eigenvalue weighted by Gasteiger charge is -2.22. The maximum absolute atomic E-state index is 14.0. The van der Waals surface area contributed by atoms with Crippen molar-refractivity contribution < 1.29 is 17.6 Å². The van der Waals surface area contributed by atoms with Crippen molar-refractivity contribution in [2.75, 3.05) is 12.3 Å². The van der Waals surface area contributed by atoms with Crippen molar-refractivity contribution >= 4 is 37.1 Å². The van der Waals surface area contributed by atoms with Crippen molar-refractivity contribution in [2.45, 2.75) is 6.42 Å². The average molecular weight is 484 g/mol. The Bertz CT molecular complexity index is 1070. The molecule has 0 unspecified atom stereocenters. The van der Waals surface area contributed by atoms with E-state index in [1.165, 1.54) is 34.9 Å². The van der Waals surface area contributed by atoms with Gasteiger partial charge >= 0.3 is 0 Å². The van der Waals surface area contributed by atoms with Crippen LogP contribution in [-0.4, -0.2) is 12.3 Å². The molecular weight excluding hydrogens is 462 g/mol. The van der Waals surface area contributed by atoms with E-state index in [1.807, 2.05) is 36.4 Å². The zero-order valence-corrected chi connectivity index (χ0v) is 19.6. The molecule has 6 heteroatoms. The number of benzene rings is 4. The molecule has 4 aromatic carbocycles. The van der Waals surface area contributed by atoms with Gasteiger partial charge in [0.1, 0.15) is 23.3 Å². The largest absolute Gasteiger partial charge is 0.207 e. The molecule has 0 saturated heterocycles. The molecule has 0 aliphatic heterocycles. The Labute approximate surface area is 193 Å². The summed E-state index contributed by atoms with van der Waals surface area (Å²) in [5, 5.41) is 3.38. The van der Waals surface area contributed by atoms with Gasteiger partial charge in [0.15, 0.2) is 0 Å². The van der Waals surface area contributed by atoms with Crippen LogP contribution in [0.1, 0.15) is 6.42 Å². The maximum Gasteiger partial charge on any atom is 0.126 e. The van der Waals surface area contributed by atoms with E-state index in [2.05, 4.69) is 24.3 Å². The second-order valence-electron chi connectivity index (χ2n) is 7.58. The molecule has 0 heterocycles. The number of hydrogen-bond acceptors (Lipinski definition) is 0. The van der Waals surface area contributed by atoms with E-state index in [1.54, 1.807) is 0 Å². The van der Waals surface area contributed by atoms with E-state index in [0.717, 1.165) is 24.7 Å². The summed E-state index contributed by atoms with van der Waals surface area (Å²) in [7, 11) is -1.96. The molecule has 0 spiro atoms. The highest BCUT2D eigenvalue weighted by atomic mass is 31.1. The van der Waals surface area contributed by atoms with Gasteiger partial charge in [-0.2, -0.15) is 0 Å². The Morgan fingerprint density at radius 1 is 0.424 bits per heavy atom. The summed E-state index contributed by atoms with van der Waals surface area (Å²) < 4.78 is 55.9. The van der Waals surface area contributed by atoms with Crippen molar-refractivity contribution in [1.82, 2.24) is 0 Å². The standard InChI is InChI=1S/C27H22F4P2/c28-20-14-21(29)17-26(16-20)33(27-18-22(30)15-23(31)19-27)13-7-12-32(24-8-3-1-4-9-24)25-10-5-2-6-11-25/h1-6,8-11,14-19H,7,12-13H2. The number of rotatable bonds is 8. The smallest absolute Gasteiger partial charge is 0.126 e. The third kappa shape index (κ3) is 6.28. The first-order valence-electron chi connectivity index (χ1n) is 10.6. The zero-order chi connectivity index (χ0) is 23.2. The van der Waals surface area contributed by atoms with Crippen LogP contribution in [0.3, 0.4) is 0 Å². The summed E-state index contributed by atoms with van der Waals surface area (Å²) in [6.45, 7) is 0. The molecule has 33 heavy (non-hydrogen) atoms. The summed E-state index contributed by atoms with van der Waals surface area (Å²) in [6, 6.07) is 27.2. The fraction of sp³-hybridized carbons (Fsp3) is 0.111. The van der Waals surface area contributed by atoms with Crippen LogP contribution in [0.4, 0.5) is 17.6 Å². The van der Waals surface area contributed by atoms with Gasteiger partial charge in [-0.3, -0.25) is 0 Å². The summed E-state index contributed by atoms with van der Waals surface area (Å²) in [6.07, 6.45) is 2.18. The van der Waals surface area contributed by atoms with E-state index in [-0.39, 0.29) is 0 Å². The van der Waals surface area contributed by atoms with Gasteiger partial charge in [0.05, 0.1) is 0 Å². The van der Waals surface area contributed by atoms with Gasteiger partial charge in [-0.25, -0.2) is 17.6 Å². The van der Waals surface area contributed by atoms with Crippen LogP contribution < -0.4 is 21.2 Å². The maximum atomic E-state index is 14.0. The molecule has 0 atom stereocenters. The van der Waals surface area contributed by atoms with Crippen LogP contribution in [0.5, 0.6) is 0 Å². The van der Waals surface area contributed by atoms with E-state index in [0.29, 0.717) is 16.8 Å². The summed E-state index contributed by atoms with van der Waals surface area (Å²) in [5.41, 5.74) is 0. The van der Waals surface area contributed by atoms with Crippen LogP contribution in [0.15, 0.2) is 97.1 Å². The molecule has 168 valence electrons. The van der Waals surface area contributed by atoms with Gasteiger partial charge in [0.2, 0.25) is 0 Å². The third-order valence-electron chi connectivity index (χ3n) is 5.22. The highest BCUT2D eigenvalue weighted by Crippen LogP contribution is 2.39. The predicted molar refractivity (Wildman–Crippen MR) is 132 cm³/mol. The van der Waals surface area contributed by atoms with E-state index in [9.17, 15) is 17.6 Å². The molecule has 0 N–H and O–H groups in total. The lowest BCUT2D eigenvalue weighted by atomic mass is 10.3. The van der Waals surface area contributed by atoms with Crippen molar-refractivity contribution in [1.29, 1.82) is 0 Å². The molecule has 0 radical (unpaired) electrons. The van der Waals surface area contributed by atoms with Crippen LogP contribution in [-0.2, 0) is 0 Å². The molecule has 0 saturated carbocycles. The van der Waals surface area contributed by atoms with E-state index >= 15 is 0 Å². The van der Waals surface area contributed by atoms with Crippen LogP contribution in [0.25, 0.3) is 0 Å². The van der Waals surface area contributed by atoms with Gasteiger partial charge < -0.3 is 0 Å². The first-order valence-corrected chi connectivity index (χ1v) is 13.6. The highest BCUT2D eigenvalue weighted by molar-refractivity contribution is 7.74. The molecule has 0 aromatic heterocycles. The van der Waals surface area contributed by atoms with Crippen molar-refractivity contribution in [3.05, 3.63) is 120 Å². The minimum Gasteiger partial charge on any atom is -0.207 e. The van der Waals surface area contributed by atoms with Gasteiger partial charge in [0, 0.05) is 12.1 Å². The van der Waals surface area contributed by atoms with Crippen molar-refractivity contribution in [3.63, 3.8) is 0 Å². The number of hydrogen-bond donors (Lipinski definition) is 0. The van der Waals surface area contributed by atoms with Gasteiger partial charge in [-0.1, -0.05) is 60.7 Å². The molecule has 0 aliphatic carbocycles. The third-order valence-corrected chi connectivity index (χ3v) is 10.4. The van der Waals surface area contributed by atoms with E-state index in [4.69, 9.17) is 0 Å². The predicted octanol–water partition coefficient (Wildman–Crippen LogP) is 6.20. The minimum atomic E-state index is -1.33. The molecule has 0 bridgehead atoms. The highest BCUT2D eigenvalue weighted by Gasteiger charge is 2.20. The summed E-state index contributed by atoms with van der Waals surface area (Å²) in [5.74, 6) is -2.76. The summed E-state index contributed by atoms with van der Waals surface area (Å²) >= 11 is 0. The van der Waals surface area contributed by atoms with Gasteiger partial charge in [0.25, 0.3) is 0 Å². The van der Waals surface area contributed by atoms with Crippen LogP contribution in [0.2, 0.25) is 0 Å². The second-order valence-corrected chi connectivity index (χ2v) is 12.3. The Hall–Kier alpha value is -2.54. The summed E-state index contributed by atoms with van der Waals surface area (Å²) in [4.78, 5) is 0. The lowest BCUT2D eigenvalue weighted by molar-refractivity contribution is 0.585. The molecule has 0 aliphatic rings. The fourth-order valence-corrected chi connectivity index (χ4v) is 8.82. The topological polar surface area (TPSA) is 0 Å². The lowest BCUT2D eigenvalue weighted by Crippen LogP contribution is -2.18. The van der Waals surface area contributed by atoms with E-state index < -0.39 is 39.1 Å². The molecule has 4 aromatic rings. The SMILES string of the molecule is Fc1cc(F)cc(P(CCCP(c2ccccc2)c2ccccc2)c2cc(F)cc(F)c2)c1. The number of halogens is 4. The molecule has 0 nitrogen and oxygen atoms in total. The Morgan fingerprint density at radius 2 is 0.758 bits per heavy atom. The van der Waals surface area contributed by atoms with Crippen LogP contribution in [0, 0.1) is 23.3 Å². The normalized spacial score (nSPS) is 11.3. The minimum absolute atomic E-state index is 0.441. The fourth-order valence-electron chi connectivity index (χ4n) is 3.81. The Morgan fingerprint density at radius 3 is 1.12 bits per heavy atom. The molecule has 4 rings (SSSR count). The van der Waals surface area contributed by atoms with Crippen LogP contribution >= 0.6 is 15.8 Å². The first kappa shape index (κ1) is 23.6. The molecule has 0 amide bonds. The first-order chi connectivity index (χ1) is 16.0. The van der Waals surface area contributed by atoms with Gasteiger partial charge in [-0.15, -0.1) is 0 Å². The Kier molecular flexibility index (Phi) is 7.91. The van der Waals surface area contributed by atoms with Crippen molar-refractivity contribution in [2.24, 2.45) is 0 Å². The molecular formula is C27H22F4P2. The quantitative estimate of drug-likeness (QED) is 0.206. The Balaban J connectivity index is 1.62.